The van der Waals surface area contributed by atoms with Gasteiger partial charge in [-0.05, 0) is 44.2 Å². The zero-order valence-electron chi connectivity index (χ0n) is 10.4. The number of halogens is 1. The first-order chi connectivity index (χ1) is 8.51. The summed E-state index contributed by atoms with van der Waals surface area (Å²) in [5.74, 6) is 0. The van der Waals surface area contributed by atoms with E-state index in [-0.39, 0.29) is 11.4 Å². The minimum Gasteiger partial charge on any atom is -0.207 e. The maximum absolute atomic E-state index is 12.2. The minimum absolute atomic E-state index is 0.0391. The van der Waals surface area contributed by atoms with Gasteiger partial charge in [-0.2, -0.15) is 0 Å². The van der Waals surface area contributed by atoms with Crippen LogP contribution < -0.4 is 4.72 Å². The first-order valence-corrected chi connectivity index (χ1v) is 9.00. The van der Waals surface area contributed by atoms with E-state index in [1.54, 1.807) is 6.07 Å². The zero-order valence-corrected chi connectivity index (χ0v) is 12.7. The quantitative estimate of drug-likeness (QED) is 0.869. The number of aryl methyl sites for hydroxylation is 1. The summed E-state index contributed by atoms with van der Waals surface area (Å²) in [6, 6.07) is 3.62. The highest BCUT2D eigenvalue weighted by Gasteiger charge is 2.25. The molecule has 1 aromatic heterocycles. The molecule has 1 heterocycles. The van der Waals surface area contributed by atoms with Crippen LogP contribution in [0.1, 0.15) is 37.5 Å². The number of alkyl halides is 1. The highest BCUT2D eigenvalue weighted by Crippen LogP contribution is 2.26. The van der Waals surface area contributed by atoms with Gasteiger partial charge in [0.25, 0.3) is 0 Å². The van der Waals surface area contributed by atoms with Crippen molar-refractivity contribution in [1.82, 2.24) is 4.72 Å². The van der Waals surface area contributed by atoms with Crippen LogP contribution in [0.5, 0.6) is 0 Å². The fourth-order valence-corrected chi connectivity index (χ4v) is 5.01. The molecule has 6 heteroatoms. The van der Waals surface area contributed by atoms with Crippen molar-refractivity contribution in [3.63, 3.8) is 0 Å². The van der Waals surface area contributed by atoms with Crippen molar-refractivity contribution in [3.05, 3.63) is 17.0 Å². The van der Waals surface area contributed by atoms with Crippen LogP contribution >= 0.6 is 22.9 Å². The molecular formula is C12H18ClNO2S2. The highest BCUT2D eigenvalue weighted by atomic mass is 35.5. The Morgan fingerprint density at radius 2 is 2.00 bits per heavy atom. The van der Waals surface area contributed by atoms with Gasteiger partial charge in [-0.15, -0.1) is 22.9 Å². The molecule has 0 bridgehead atoms. The third kappa shape index (κ3) is 3.47. The van der Waals surface area contributed by atoms with E-state index in [1.807, 2.05) is 13.0 Å². The Kier molecular flexibility index (Phi) is 4.69. The van der Waals surface area contributed by atoms with Crippen LogP contribution in [0, 0.1) is 0 Å². The Balaban J connectivity index is 2.03. The molecule has 2 rings (SSSR count). The van der Waals surface area contributed by atoms with E-state index in [4.69, 9.17) is 11.6 Å². The lowest BCUT2D eigenvalue weighted by Crippen LogP contribution is -2.37. The van der Waals surface area contributed by atoms with Gasteiger partial charge in [0.1, 0.15) is 4.21 Å². The van der Waals surface area contributed by atoms with Crippen molar-refractivity contribution >= 4 is 33.0 Å². The largest absolute Gasteiger partial charge is 0.250 e. The molecule has 1 N–H and O–H groups in total. The zero-order chi connectivity index (χ0) is 13.2. The molecule has 0 amide bonds. The van der Waals surface area contributed by atoms with Gasteiger partial charge < -0.3 is 0 Å². The fraction of sp³-hybridized carbons (Fsp3) is 0.667. The summed E-state index contributed by atoms with van der Waals surface area (Å²) < 4.78 is 27.6. The summed E-state index contributed by atoms with van der Waals surface area (Å²) >= 11 is 7.37. The summed E-state index contributed by atoms with van der Waals surface area (Å²) in [5.41, 5.74) is 0. The predicted octanol–water partition coefficient (Wildman–Crippen LogP) is 3.14. The normalized spacial score (nSPS) is 25.2. The SMILES string of the molecule is CCc1ccc(S(=O)(=O)NC2CCC(Cl)CC2)s1. The Morgan fingerprint density at radius 1 is 1.33 bits per heavy atom. The fourth-order valence-electron chi connectivity index (χ4n) is 2.14. The summed E-state index contributed by atoms with van der Waals surface area (Å²) in [5, 5.41) is 0.208. The van der Waals surface area contributed by atoms with Gasteiger partial charge in [0, 0.05) is 16.3 Å². The second kappa shape index (κ2) is 5.90. The van der Waals surface area contributed by atoms with E-state index in [2.05, 4.69) is 4.72 Å². The predicted molar refractivity (Wildman–Crippen MR) is 75.9 cm³/mol. The Morgan fingerprint density at radius 3 is 2.56 bits per heavy atom. The second-order valence-corrected chi connectivity index (χ2v) is 8.37. The van der Waals surface area contributed by atoms with Gasteiger partial charge in [0.2, 0.25) is 10.0 Å². The summed E-state index contributed by atoms with van der Waals surface area (Å²) in [4.78, 5) is 1.10. The average molecular weight is 308 g/mol. The molecule has 1 fully saturated rings. The highest BCUT2D eigenvalue weighted by molar-refractivity contribution is 7.91. The molecule has 0 radical (unpaired) electrons. The molecule has 1 aromatic rings. The van der Waals surface area contributed by atoms with Crippen LogP contribution in [0.15, 0.2) is 16.3 Å². The molecule has 0 aliphatic heterocycles. The molecule has 3 nitrogen and oxygen atoms in total. The number of hydrogen-bond donors (Lipinski definition) is 1. The summed E-state index contributed by atoms with van der Waals surface area (Å²) in [7, 11) is -3.34. The van der Waals surface area contributed by atoms with Gasteiger partial charge in [0.05, 0.1) is 0 Å². The van der Waals surface area contributed by atoms with Crippen LogP contribution in [-0.2, 0) is 16.4 Å². The molecule has 0 unspecified atom stereocenters. The number of thiophene rings is 1. The van der Waals surface area contributed by atoms with Crippen molar-refractivity contribution in [2.75, 3.05) is 0 Å². The van der Waals surface area contributed by atoms with Gasteiger partial charge in [-0.3, -0.25) is 0 Å². The van der Waals surface area contributed by atoms with Gasteiger partial charge in [-0.25, -0.2) is 13.1 Å². The molecule has 0 saturated heterocycles. The number of rotatable bonds is 4. The molecule has 1 aliphatic rings. The maximum atomic E-state index is 12.2. The van der Waals surface area contributed by atoms with Gasteiger partial charge >= 0.3 is 0 Å². The minimum atomic E-state index is -3.34. The van der Waals surface area contributed by atoms with E-state index in [9.17, 15) is 8.42 Å². The number of nitrogens with one attached hydrogen (secondary N) is 1. The lowest BCUT2D eigenvalue weighted by molar-refractivity contribution is 0.417. The third-order valence-corrected chi connectivity index (χ3v) is 6.91. The van der Waals surface area contributed by atoms with Crippen molar-refractivity contribution in [2.45, 2.75) is 54.7 Å². The van der Waals surface area contributed by atoms with E-state index < -0.39 is 10.0 Å². The maximum Gasteiger partial charge on any atom is 0.250 e. The summed E-state index contributed by atoms with van der Waals surface area (Å²) in [6.07, 6.45) is 4.31. The van der Waals surface area contributed by atoms with Gasteiger partial charge in [-0.1, -0.05) is 6.92 Å². The molecule has 1 aliphatic carbocycles. The van der Waals surface area contributed by atoms with E-state index in [1.165, 1.54) is 11.3 Å². The molecule has 18 heavy (non-hydrogen) atoms. The smallest absolute Gasteiger partial charge is 0.207 e. The molecule has 0 spiro atoms. The standard InChI is InChI=1S/C12H18ClNO2S2/c1-2-11-7-8-12(17-11)18(15,16)14-10-5-3-9(13)4-6-10/h7-10,14H,2-6H2,1H3. The van der Waals surface area contributed by atoms with Crippen molar-refractivity contribution in [1.29, 1.82) is 0 Å². The molecule has 1 saturated carbocycles. The van der Waals surface area contributed by atoms with Crippen LogP contribution in [0.25, 0.3) is 0 Å². The Labute approximate surface area is 118 Å². The summed E-state index contributed by atoms with van der Waals surface area (Å²) in [6.45, 7) is 2.03. The molecule has 102 valence electrons. The third-order valence-electron chi connectivity index (χ3n) is 3.23. The van der Waals surface area contributed by atoms with Crippen molar-refractivity contribution < 1.29 is 8.42 Å². The second-order valence-electron chi connectivity index (χ2n) is 4.64. The van der Waals surface area contributed by atoms with Crippen LogP contribution in [0.2, 0.25) is 0 Å². The Bertz CT molecular complexity index is 490. The van der Waals surface area contributed by atoms with E-state index in [0.717, 1.165) is 37.0 Å². The first-order valence-electron chi connectivity index (χ1n) is 6.26. The molecular weight excluding hydrogens is 290 g/mol. The average Bonchev–Trinajstić information content (AvgIpc) is 2.81. The monoisotopic (exact) mass is 307 g/mol. The van der Waals surface area contributed by atoms with E-state index in [0.29, 0.717) is 4.21 Å². The van der Waals surface area contributed by atoms with Crippen molar-refractivity contribution in [2.24, 2.45) is 0 Å². The van der Waals surface area contributed by atoms with Gasteiger partial charge in [0.15, 0.2) is 0 Å². The molecule has 0 atom stereocenters. The first kappa shape index (κ1) is 14.3. The van der Waals surface area contributed by atoms with E-state index >= 15 is 0 Å². The Hall–Kier alpha value is -0.100. The lowest BCUT2D eigenvalue weighted by atomic mass is 9.96. The number of sulfonamides is 1. The topological polar surface area (TPSA) is 46.2 Å². The van der Waals surface area contributed by atoms with Crippen LogP contribution in [0.4, 0.5) is 0 Å². The van der Waals surface area contributed by atoms with Crippen molar-refractivity contribution in [3.8, 4) is 0 Å². The number of hydrogen-bond acceptors (Lipinski definition) is 3. The molecule has 0 aromatic carbocycles. The van der Waals surface area contributed by atoms with Crippen LogP contribution in [0.3, 0.4) is 0 Å². The lowest BCUT2D eigenvalue weighted by Gasteiger charge is -2.25. The van der Waals surface area contributed by atoms with Crippen LogP contribution in [-0.4, -0.2) is 19.8 Å².